The zero-order valence-electron chi connectivity index (χ0n) is 9.54. The number of amides is 1. The second-order valence-electron chi connectivity index (χ2n) is 3.58. The predicted molar refractivity (Wildman–Crippen MR) is 66.5 cm³/mol. The number of carbonyl (C=O) groups excluding carboxylic acids is 1. The second kappa shape index (κ2) is 6.41. The highest BCUT2D eigenvalue weighted by Gasteiger charge is 2.16. The van der Waals surface area contributed by atoms with Crippen molar-refractivity contribution < 1.29 is 19.8 Å². The Bertz CT molecular complexity index is 454. The molecule has 1 amide bonds. The number of aliphatic carboxylic acids is 1. The monoisotopic (exact) mass is 250 g/mol. The lowest BCUT2D eigenvalue weighted by Crippen LogP contribution is -2.42. The molecular weight excluding hydrogens is 236 g/mol. The molecule has 6 heteroatoms. The summed E-state index contributed by atoms with van der Waals surface area (Å²) >= 11 is 0. The highest BCUT2D eigenvalue weighted by atomic mass is 16.4. The molecule has 1 rings (SSSR count). The standard InChI is InChI=1S/C12H14N2O4/c13-9-4-1-8(2-5-9)3-6-11(16)14-10(7-15)12(17)18/h1-6,10,15H,7,13H2,(H,14,16)(H,17,18)/b6-3+/t10-/m1/s1. The number of hydrogen-bond donors (Lipinski definition) is 4. The van der Waals surface area contributed by atoms with Crippen LogP contribution in [-0.4, -0.2) is 34.7 Å². The van der Waals surface area contributed by atoms with Gasteiger partial charge in [-0.25, -0.2) is 4.79 Å². The minimum atomic E-state index is -1.30. The van der Waals surface area contributed by atoms with Gasteiger partial charge in [0.2, 0.25) is 5.91 Å². The fourth-order valence-corrected chi connectivity index (χ4v) is 1.18. The van der Waals surface area contributed by atoms with Crippen LogP contribution in [0.2, 0.25) is 0 Å². The van der Waals surface area contributed by atoms with Crippen LogP contribution in [0.15, 0.2) is 30.3 Å². The summed E-state index contributed by atoms with van der Waals surface area (Å²) in [6.07, 6.45) is 2.71. The molecule has 1 atom stereocenters. The van der Waals surface area contributed by atoms with Crippen LogP contribution in [0.25, 0.3) is 6.08 Å². The van der Waals surface area contributed by atoms with Crippen LogP contribution in [0.4, 0.5) is 5.69 Å². The molecule has 1 aromatic carbocycles. The minimum absolute atomic E-state index is 0.590. The van der Waals surface area contributed by atoms with Crippen molar-refractivity contribution in [1.29, 1.82) is 0 Å². The molecule has 0 heterocycles. The molecule has 0 aliphatic carbocycles. The molecule has 6 nitrogen and oxygen atoms in total. The molecule has 0 saturated heterocycles. The minimum Gasteiger partial charge on any atom is -0.480 e. The molecule has 0 aliphatic heterocycles. The first-order valence-electron chi connectivity index (χ1n) is 5.20. The third kappa shape index (κ3) is 4.26. The van der Waals surface area contributed by atoms with Crippen LogP contribution in [0.3, 0.4) is 0 Å². The van der Waals surface area contributed by atoms with Crippen molar-refractivity contribution in [2.75, 3.05) is 12.3 Å². The van der Waals surface area contributed by atoms with E-state index in [0.717, 1.165) is 5.56 Å². The maximum atomic E-state index is 11.4. The molecule has 0 aliphatic rings. The second-order valence-corrected chi connectivity index (χ2v) is 3.58. The van der Waals surface area contributed by atoms with E-state index >= 15 is 0 Å². The molecule has 5 N–H and O–H groups in total. The van der Waals surface area contributed by atoms with Gasteiger partial charge in [0.1, 0.15) is 0 Å². The molecule has 0 unspecified atom stereocenters. The summed E-state index contributed by atoms with van der Waals surface area (Å²) in [5, 5.41) is 19.5. The van der Waals surface area contributed by atoms with Crippen LogP contribution in [0.1, 0.15) is 5.56 Å². The number of carboxylic acids is 1. The maximum Gasteiger partial charge on any atom is 0.328 e. The summed E-state index contributed by atoms with van der Waals surface area (Å²) in [5.74, 6) is -1.87. The van der Waals surface area contributed by atoms with Gasteiger partial charge in [0, 0.05) is 11.8 Å². The van der Waals surface area contributed by atoms with Crippen LogP contribution in [-0.2, 0) is 9.59 Å². The van der Waals surface area contributed by atoms with Crippen LogP contribution >= 0.6 is 0 Å². The van der Waals surface area contributed by atoms with Gasteiger partial charge in [0.05, 0.1) is 6.61 Å². The molecule has 0 saturated carbocycles. The molecule has 96 valence electrons. The zero-order valence-corrected chi connectivity index (χ0v) is 9.54. The lowest BCUT2D eigenvalue weighted by Gasteiger charge is -2.09. The first-order valence-corrected chi connectivity index (χ1v) is 5.20. The summed E-state index contributed by atoms with van der Waals surface area (Å²) in [6.45, 7) is -0.656. The van der Waals surface area contributed by atoms with E-state index in [4.69, 9.17) is 15.9 Å². The number of aliphatic hydroxyl groups is 1. The van der Waals surface area contributed by atoms with Crippen molar-refractivity contribution in [3.8, 4) is 0 Å². The van der Waals surface area contributed by atoms with Gasteiger partial charge in [-0.15, -0.1) is 0 Å². The third-order valence-corrected chi connectivity index (χ3v) is 2.16. The first kappa shape index (κ1) is 13.7. The quantitative estimate of drug-likeness (QED) is 0.428. The van der Waals surface area contributed by atoms with Gasteiger partial charge in [0.25, 0.3) is 0 Å². The van der Waals surface area contributed by atoms with E-state index in [1.807, 2.05) is 0 Å². The van der Waals surface area contributed by atoms with Gasteiger partial charge >= 0.3 is 5.97 Å². The number of carboxylic acid groups (broad SMARTS) is 1. The molecule has 0 bridgehead atoms. The normalized spacial score (nSPS) is 12.3. The number of carbonyl (C=O) groups is 2. The lowest BCUT2D eigenvalue weighted by molar-refractivity contribution is -0.142. The van der Waals surface area contributed by atoms with E-state index in [-0.39, 0.29) is 0 Å². The number of aliphatic hydroxyl groups excluding tert-OH is 1. The van der Waals surface area contributed by atoms with E-state index in [0.29, 0.717) is 5.69 Å². The summed E-state index contributed by atoms with van der Waals surface area (Å²) in [5.41, 5.74) is 6.88. The Labute approximate surface area is 104 Å². The number of benzene rings is 1. The highest BCUT2D eigenvalue weighted by Crippen LogP contribution is 2.06. The van der Waals surface area contributed by atoms with Crippen LogP contribution < -0.4 is 11.1 Å². The van der Waals surface area contributed by atoms with Crippen LogP contribution in [0, 0.1) is 0 Å². The Balaban J connectivity index is 2.59. The van der Waals surface area contributed by atoms with Crippen molar-refractivity contribution in [3.63, 3.8) is 0 Å². The topological polar surface area (TPSA) is 113 Å². The van der Waals surface area contributed by atoms with Gasteiger partial charge in [-0.05, 0) is 23.8 Å². The summed E-state index contributed by atoms with van der Waals surface area (Å²) < 4.78 is 0. The van der Waals surface area contributed by atoms with E-state index in [1.165, 1.54) is 12.2 Å². The molecule has 0 spiro atoms. The lowest BCUT2D eigenvalue weighted by atomic mass is 10.2. The van der Waals surface area contributed by atoms with Gasteiger partial charge < -0.3 is 21.3 Å². The van der Waals surface area contributed by atoms with Gasteiger partial charge in [-0.2, -0.15) is 0 Å². The van der Waals surface area contributed by atoms with Gasteiger partial charge in [-0.1, -0.05) is 12.1 Å². The average molecular weight is 250 g/mol. The Hall–Kier alpha value is -2.34. The Morgan fingerprint density at radius 3 is 2.44 bits per heavy atom. The third-order valence-electron chi connectivity index (χ3n) is 2.16. The molecule has 0 fully saturated rings. The van der Waals surface area contributed by atoms with E-state index in [2.05, 4.69) is 5.32 Å². The molecule has 0 radical (unpaired) electrons. The van der Waals surface area contributed by atoms with Gasteiger partial charge in [0.15, 0.2) is 6.04 Å². The van der Waals surface area contributed by atoms with Crippen molar-refractivity contribution >= 4 is 23.6 Å². The zero-order chi connectivity index (χ0) is 13.5. The van der Waals surface area contributed by atoms with E-state index in [1.54, 1.807) is 24.3 Å². The Morgan fingerprint density at radius 1 is 1.33 bits per heavy atom. The largest absolute Gasteiger partial charge is 0.480 e. The molecule has 1 aromatic rings. The number of rotatable bonds is 5. The molecular formula is C12H14N2O4. The van der Waals surface area contributed by atoms with Crippen molar-refractivity contribution in [2.45, 2.75) is 6.04 Å². The molecule has 18 heavy (non-hydrogen) atoms. The summed E-state index contributed by atoms with van der Waals surface area (Å²) in [4.78, 5) is 21.9. The van der Waals surface area contributed by atoms with Crippen molar-refractivity contribution in [3.05, 3.63) is 35.9 Å². The first-order chi connectivity index (χ1) is 8.52. The average Bonchev–Trinajstić information content (AvgIpc) is 2.35. The Kier molecular flexibility index (Phi) is 4.89. The van der Waals surface area contributed by atoms with Gasteiger partial charge in [-0.3, -0.25) is 4.79 Å². The number of anilines is 1. The van der Waals surface area contributed by atoms with Crippen LogP contribution in [0.5, 0.6) is 0 Å². The fraction of sp³-hybridized carbons (Fsp3) is 0.167. The maximum absolute atomic E-state index is 11.4. The van der Waals surface area contributed by atoms with Crippen molar-refractivity contribution in [1.82, 2.24) is 5.32 Å². The molecule has 0 aromatic heterocycles. The SMILES string of the molecule is Nc1ccc(/C=C/C(=O)N[C@H](CO)C(=O)O)cc1. The number of nitrogens with one attached hydrogen (secondary N) is 1. The van der Waals surface area contributed by atoms with E-state index in [9.17, 15) is 9.59 Å². The Morgan fingerprint density at radius 2 is 1.94 bits per heavy atom. The van der Waals surface area contributed by atoms with E-state index < -0.39 is 24.5 Å². The fourth-order valence-electron chi connectivity index (χ4n) is 1.18. The van der Waals surface area contributed by atoms with Crippen molar-refractivity contribution in [2.24, 2.45) is 0 Å². The number of hydrogen-bond acceptors (Lipinski definition) is 4. The smallest absolute Gasteiger partial charge is 0.328 e. The highest BCUT2D eigenvalue weighted by molar-refractivity contribution is 5.94. The predicted octanol–water partition coefficient (Wildman–Crippen LogP) is -0.156. The number of nitrogens with two attached hydrogens (primary N) is 1. The summed E-state index contributed by atoms with van der Waals surface area (Å²) in [6, 6.07) is 5.52. The summed E-state index contributed by atoms with van der Waals surface area (Å²) in [7, 11) is 0. The number of nitrogen functional groups attached to an aromatic ring is 1.